The first-order valence-electron chi connectivity index (χ1n) is 5.14. The Bertz CT molecular complexity index is 333. The van der Waals surface area contributed by atoms with E-state index in [0.717, 1.165) is 6.54 Å². The van der Waals surface area contributed by atoms with Gasteiger partial charge >= 0.3 is 0 Å². The maximum absolute atomic E-state index is 5.69. The zero-order chi connectivity index (χ0) is 12.0. The molecule has 0 fully saturated rings. The molecule has 1 heterocycles. The molecule has 0 aromatic carbocycles. The minimum absolute atomic E-state index is 0.343. The Morgan fingerprint density at radius 1 is 1.44 bits per heavy atom. The first-order valence-corrected chi connectivity index (χ1v) is 5.14. The lowest BCUT2D eigenvalue weighted by atomic mass is 10.4. The van der Waals surface area contributed by atoms with Crippen molar-refractivity contribution in [3.8, 4) is 5.75 Å². The molecule has 1 aromatic rings. The highest BCUT2D eigenvalue weighted by Gasteiger charge is 2.13. The lowest BCUT2D eigenvalue weighted by Crippen LogP contribution is -2.24. The highest BCUT2D eigenvalue weighted by Crippen LogP contribution is 2.28. The van der Waals surface area contributed by atoms with Crippen molar-refractivity contribution in [1.82, 2.24) is 9.97 Å². The Hall–Kier alpha value is -1.56. The molecule has 16 heavy (non-hydrogen) atoms. The molecule has 0 aliphatic heterocycles. The molecule has 0 radical (unpaired) electrons. The lowest BCUT2D eigenvalue weighted by Gasteiger charge is -2.20. The zero-order valence-corrected chi connectivity index (χ0v) is 9.93. The summed E-state index contributed by atoms with van der Waals surface area (Å²) in [5.41, 5.74) is 5.69. The molecule has 0 saturated heterocycles. The Labute approximate surface area is 95.4 Å². The summed E-state index contributed by atoms with van der Waals surface area (Å²) in [6, 6.07) is 0. The first kappa shape index (κ1) is 12.5. The standard InChI is InChI=1S/C10H18N4O2/c1-4-16-6-5-14(2)10-8(15-3)9(11)12-7-13-10/h7H,4-6H2,1-3H3,(H2,11,12,13). The molecule has 1 aromatic heterocycles. The normalized spacial score (nSPS) is 10.2. The van der Waals surface area contributed by atoms with E-state index < -0.39 is 0 Å². The number of rotatable bonds is 6. The molecule has 0 aliphatic rings. The summed E-state index contributed by atoms with van der Waals surface area (Å²) in [5, 5.41) is 0. The van der Waals surface area contributed by atoms with E-state index in [2.05, 4.69) is 9.97 Å². The van der Waals surface area contributed by atoms with Gasteiger partial charge in [0, 0.05) is 20.2 Å². The van der Waals surface area contributed by atoms with E-state index in [1.54, 1.807) is 7.11 Å². The molecule has 0 bridgehead atoms. The van der Waals surface area contributed by atoms with Crippen LogP contribution in [-0.2, 0) is 4.74 Å². The molecule has 0 spiro atoms. The number of likely N-dealkylation sites (N-methyl/N-ethyl adjacent to an activating group) is 1. The quantitative estimate of drug-likeness (QED) is 0.714. The number of ether oxygens (including phenoxy) is 2. The van der Waals surface area contributed by atoms with Crippen LogP contribution in [0.5, 0.6) is 5.75 Å². The summed E-state index contributed by atoms with van der Waals surface area (Å²) >= 11 is 0. The van der Waals surface area contributed by atoms with Gasteiger partial charge in [0.05, 0.1) is 13.7 Å². The molecular formula is C10H18N4O2. The van der Waals surface area contributed by atoms with E-state index in [-0.39, 0.29) is 0 Å². The summed E-state index contributed by atoms with van der Waals surface area (Å²) in [6.07, 6.45) is 1.42. The van der Waals surface area contributed by atoms with Gasteiger partial charge in [-0.05, 0) is 6.92 Å². The van der Waals surface area contributed by atoms with Gasteiger partial charge in [-0.25, -0.2) is 9.97 Å². The molecular weight excluding hydrogens is 208 g/mol. The average molecular weight is 226 g/mol. The fourth-order valence-corrected chi connectivity index (χ4v) is 1.30. The second-order valence-electron chi connectivity index (χ2n) is 3.23. The predicted molar refractivity (Wildman–Crippen MR) is 62.8 cm³/mol. The van der Waals surface area contributed by atoms with Crippen LogP contribution >= 0.6 is 0 Å². The molecule has 0 amide bonds. The van der Waals surface area contributed by atoms with Gasteiger partial charge in [0.25, 0.3) is 0 Å². The molecule has 0 atom stereocenters. The number of nitrogens with zero attached hydrogens (tertiary/aromatic N) is 3. The summed E-state index contributed by atoms with van der Waals surface area (Å²) in [6.45, 7) is 4.03. The lowest BCUT2D eigenvalue weighted by molar-refractivity contribution is 0.154. The van der Waals surface area contributed by atoms with Crippen molar-refractivity contribution in [2.75, 3.05) is 44.5 Å². The second kappa shape index (κ2) is 6.12. The largest absolute Gasteiger partial charge is 0.490 e. The maximum atomic E-state index is 5.69. The van der Waals surface area contributed by atoms with Crippen LogP contribution in [0.1, 0.15) is 6.92 Å². The maximum Gasteiger partial charge on any atom is 0.204 e. The van der Waals surface area contributed by atoms with E-state index in [0.29, 0.717) is 30.6 Å². The van der Waals surface area contributed by atoms with Gasteiger partial charge in [-0.3, -0.25) is 0 Å². The minimum atomic E-state index is 0.343. The average Bonchev–Trinajstić information content (AvgIpc) is 2.29. The summed E-state index contributed by atoms with van der Waals surface area (Å²) in [5.74, 6) is 1.52. The summed E-state index contributed by atoms with van der Waals surface area (Å²) < 4.78 is 10.4. The Kier molecular flexibility index (Phi) is 4.78. The van der Waals surface area contributed by atoms with Gasteiger partial charge in [0.1, 0.15) is 6.33 Å². The van der Waals surface area contributed by atoms with Crippen LogP contribution in [-0.4, -0.2) is 43.9 Å². The van der Waals surface area contributed by atoms with Crippen LogP contribution in [0.25, 0.3) is 0 Å². The third kappa shape index (κ3) is 2.96. The van der Waals surface area contributed by atoms with Crippen molar-refractivity contribution in [3.63, 3.8) is 0 Å². The van der Waals surface area contributed by atoms with Gasteiger partial charge in [-0.1, -0.05) is 0 Å². The van der Waals surface area contributed by atoms with Crippen molar-refractivity contribution >= 4 is 11.6 Å². The summed E-state index contributed by atoms with van der Waals surface area (Å²) in [7, 11) is 3.46. The molecule has 0 unspecified atom stereocenters. The van der Waals surface area contributed by atoms with Crippen molar-refractivity contribution in [2.45, 2.75) is 6.92 Å². The van der Waals surface area contributed by atoms with Crippen LogP contribution in [0, 0.1) is 0 Å². The number of nitrogen functional groups attached to an aromatic ring is 1. The fraction of sp³-hybridized carbons (Fsp3) is 0.600. The van der Waals surface area contributed by atoms with Crippen molar-refractivity contribution in [2.24, 2.45) is 0 Å². The number of hydrogen-bond acceptors (Lipinski definition) is 6. The number of aromatic nitrogens is 2. The fourth-order valence-electron chi connectivity index (χ4n) is 1.30. The van der Waals surface area contributed by atoms with Gasteiger partial charge in [-0.15, -0.1) is 0 Å². The molecule has 0 saturated carbocycles. The minimum Gasteiger partial charge on any atom is -0.490 e. The SMILES string of the molecule is CCOCCN(C)c1ncnc(N)c1OC. The molecule has 6 nitrogen and oxygen atoms in total. The monoisotopic (exact) mass is 226 g/mol. The highest BCUT2D eigenvalue weighted by molar-refractivity contribution is 5.62. The van der Waals surface area contributed by atoms with E-state index in [1.165, 1.54) is 6.33 Å². The van der Waals surface area contributed by atoms with E-state index >= 15 is 0 Å². The van der Waals surface area contributed by atoms with Crippen molar-refractivity contribution in [1.29, 1.82) is 0 Å². The van der Waals surface area contributed by atoms with Gasteiger partial charge < -0.3 is 20.1 Å². The Balaban J connectivity index is 2.74. The molecule has 1 rings (SSSR count). The number of nitrogens with two attached hydrogens (primary N) is 1. The molecule has 90 valence electrons. The van der Waals surface area contributed by atoms with Crippen molar-refractivity contribution < 1.29 is 9.47 Å². The van der Waals surface area contributed by atoms with Crippen LogP contribution in [0.15, 0.2) is 6.33 Å². The topological polar surface area (TPSA) is 73.5 Å². The Morgan fingerprint density at radius 2 is 2.19 bits per heavy atom. The van der Waals surface area contributed by atoms with E-state index in [9.17, 15) is 0 Å². The van der Waals surface area contributed by atoms with Gasteiger partial charge in [-0.2, -0.15) is 0 Å². The van der Waals surface area contributed by atoms with Crippen molar-refractivity contribution in [3.05, 3.63) is 6.33 Å². The number of hydrogen-bond donors (Lipinski definition) is 1. The van der Waals surface area contributed by atoms with E-state index in [1.807, 2.05) is 18.9 Å². The number of methoxy groups -OCH3 is 1. The molecule has 6 heteroatoms. The summed E-state index contributed by atoms with van der Waals surface area (Å²) in [4.78, 5) is 9.94. The number of anilines is 2. The van der Waals surface area contributed by atoms with Crippen LogP contribution in [0.2, 0.25) is 0 Å². The van der Waals surface area contributed by atoms with Gasteiger partial charge in [0.15, 0.2) is 11.6 Å². The third-order valence-corrected chi connectivity index (χ3v) is 2.15. The molecule has 0 aliphatic carbocycles. The van der Waals surface area contributed by atoms with Crippen LogP contribution in [0.3, 0.4) is 0 Å². The molecule has 2 N–H and O–H groups in total. The van der Waals surface area contributed by atoms with Gasteiger partial charge in [0.2, 0.25) is 5.75 Å². The van der Waals surface area contributed by atoms with Crippen LogP contribution in [0.4, 0.5) is 11.6 Å². The van der Waals surface area contributed by atoms with E-state index in [4.69, 9.17) is 15.2 Å². The first-order chi connectivity index (χ1) is 7.70. The highest BCUT2D eigenvalue weighted by atomic mass is 16.5. The second-order valence-corrected chi connectivity index (χ2v) is 3.23. The van der Waals surface area contributed by atoms with Crippen LogP contribution < -0.4 is 15.4 Å². The predicted octanol–water partition coefficient (Wildman–Crippen LogP) is 0.540. The zero-order valence-electron chi connectivity index (χ0n) is 9.93. The third-order valence-electron chi connectivity index (χ3n) is 2.15. The smallest absolute Gasteiger partial charge is 0.204 e. The Morgan fingerprint density at radius 3 is 2.81 bits per heavy atom.